The first-order valence-electron chi connectivity index (χ1n) is 9.61. The van der Waals surface area contributed by atoms with Crippen LogP contribution in [-0.2, 0) is 5.41 Å². The normalized spacial score (nSPS) is 11.4. The molecule has 0 bridgehead atoms. The molecule has 0 spiro atoms. The van der Waals surface area contributed by atoms with E-state index in [9.17, 15) is 0 Å². The zero-order valence-electron chi connectivity index (χ0n) is 16.6. The Kier molecular flexibility index (Phi) is 4.79. The van der Waals surface area contributed by atoms with E-state index in [1.807, 2.05) is 24.3 Å². The molecule has 0 fully saturated rings. The van der Waals surface area contributed by atoms with Crippen LogP contribution in [0.3, 0.4) is 0 Å². The number of nitrogens with zero attached hydrogens (tertiary/aromatic N) is 2. The first-order valence-corrected chi connectivity index (χ1v) is 9.61. The Balaban J connectivity index is 1.86. The lowest BCUT2D eigenvalue weighted by atomic mass is 9.94. The SMILES string of the molecule is CC(C)(C)c1nc(-c2ccccc2)cc(-c2cccc(-c3ccccc3)c2)n1. The molecule has 4 aromatic rings. The van der Waals surface area contributed by atoms with E-state index in [1.54, 1.807) is 0 Å². The molecule has 0 unspecified atom stereocenters. The van der Waals surface area contributed by atoms with E-state index in [0.29, 0.717) is 0 Å². The zero-order valence-corrected chi connectivity index (χ0v) is 16.6. The van der Waals surface area contributed by atoms with Crippen molar-refractivity contribution in [2.75, 3.05) is 0 Å². The van der Waals surface area contributed by atoms with Gasteiger partial charge in [-0.05, 0) is 23.3 Å². The van der Waals surface area contributed by atoms with Crippen molar-refractivity contribution >= 4 is 0 Å². The van der Waals surface area contributed by atoms with Crippen LogP contribution in [0.2, 0.25) is 0 Å². The molecule has 0 saturated carbocycles. The summed E-state index contributed by atoms with van der Waals surface area (Å²) < 4.78 is 0. The smallest absolute Gasteiger partial charge is 0.135 e. The second kappa shape index (κ2) is 7.40. The molecule has 1 heterocycles. The van der Waals surface area contributed by atoms with Crippen molar-refractivity contribution in [2.24, 2.45) is 0 Å². The molecule has 0 aliphatic rings. The fourth-order valence-corrected chi connectivity index (χ4v) is 3.18. The van der Waals surface area contributed by atoms with Gasteiger partial charge in [-0.25, -0.2) is 9.97 Å². The van der Waals surface area contributed by atoms with Crippen LogP contribution in [0.5, 0.6) is 0 Å². The van der Waals surface area contributed by atoms with E-state index in [2.05, 4.69) is 87.5 Å². The zero-order chi connectivity index (χ0) is 19.6. The van der Waals surface area contributed by atoms with E-state index in [1.165, 1.54) is 11.1 Å². The molecule has 2 heteroatoms. The van der Waals surface area contributed by atoms with Crippen molar-refractivity contribution < 1.29 is 0 Å². The molecule has 1 aromatic heterocycles. The fraction of sp³-hybridized carbons (Fsp3) is 0.154. The maximum absolute atomic E-state index is 4.92. The van der Waals surface area contributed by atoms with Crippen LogP contribution in [-0.4, -0.2) is 9.97 Å². The number of hydrogen-bond acceptors (Lipinski definition) is 2. The van der Waals surface area contributed by atoms with Gasteiger partial charge in [0.05, 0.1) is 11.4 Å². The van der Waals surface area contributed by atoms with Gasteiger partial charge in [-0.3, -0.25) is 0 Å². The Labute approximate surface area is 167 Å². The summed E-state index contributed by atoms with van der Waals surface area (Å²) in [6.07, 6.45) is 0. The van der Waals surface area contributed by atoms with Gasteiger partial charge in [-0.15, -0.1) is 0 Å². The Hall–Kier alpha value is -3.26. The maximum atomic E-state index is 4.92. The molecule has 138 valence electrons. The molecule has 0 aliphatic carbocycles. The minimum atomic E-state index is -0.128. The highest BCUT2D eigenvalue weighted by atomic mass is 14.9. The van der Waals surface area contributed by atoms with Crippen LogP contribution in [0, 0.1) is 0 Å². The van der Waals surface area contributed by atoms with Crippen LogP contribution < -0.4 is 0 Å². The van der Waals surface area contributed by atoms with Crippen molar-refractivity contribution in [3.8, 4) is 33.6 Å². The third kappa shape index (κ3) is 3.86. The van der Waals surface area contributed by atoms with Gasteiger partial charge in [0.15, 0.2) is 0 Å². The lowest BCUT2D eigenvalue weighted by Crippen LogP contribution is -2.17. The van der Waals surface area contributed by atoms with Gasteiger partial charge in [0.25, 0.3) is 0 Å². The lowest BCUT2D eigenvalue weighted by molar-refractivity contribution is 0.547. The number of rotatable bonds is 3. The monoisotopic (exact) mass is 364 g/mol. The van der Waals surface area contributed by atoms with Crippen molar-refractivity contribution in [2.45, 2.75) is 26.2 Å². The third-order valence-corrected chi connectivity index (χ3v) is 4.73. The van der Waals surface area contributed by atoms with Crippen molar-refractivity contribution in [3.63, 3.8) is 0 Å². The summed E-state index contributed by atoms with van der Waals surface area (Å²) >= 11 is 0. The highest BCUT2D eigenvalue weighted by Crippen LogP contribution is 2.30. The maximum Gasteiger partial charge on any atom is 0.135 e. The molecule has 0 N–H and O–H groups in total. The molecule has 0 aliphatic heterocycles. The van der Waals surface area contributed by atoms with Crippen molar-refractivity contribution in [1.82, 2.24) is 9.97 Å². The van der Waals surface area contributed by atoms with E-state index >= 15 is 0 Å². The van der Waals surface area contributed by atoms with Crippen LogP contribution in [0.1, 0.15) is 26.6 Å². The Morgan fingerprint density at radius 1 is 0.500 bits per heavy atom. The second-order valence-electron chi connectivity index (χ2n) is 8.02. The summed E-state index contributed by atoms with van der Waals surface area (Å²) in [6, 6.07) is 31.4. The summed E-state index contributed by atoms with van der Waals surface area (Å²) in [4.78, 5) is 9.79. The third-order valence-electron chi connectivity index (χ3n) is 4.73. The number of benzene rings is 3. The van der Waals surface area contributed by atoms with Gasteiger partial charge in [0, 0.05) is 16.5 Å². The van der Waals surface area contributed by atoms with Gasteiger partial charge in [0.1, 0.15) is 5.82 Å². The van der Waals surface area contributed by atoms with Gasteiger partial charge in [-0.1, -0.05) is 99.6 Å². The first-order chi connectivity index (χ1) is 13.5. The molecule has 4 rings (SSSR count). The summed E-state index contributed by atoms with van der Waals surface area (Å²) in [6.45, 7) is 6.46. The largest absolute Gasteiger partial charge is 0.232 e. The van der Waals surface area contributed by atoms with Crippen LogP contribution >= 0.6 is 0 Å². The van der Waals surface area contributed by atoms with E-state index in [4.69, 9.17) is 9.97 Å². The molecule has 0 saturated heterocycles. The van der Waals surface area contributed by atoms with Crippen LogP contribution in [0.25, 0.3) is 33.6 Å². The summed E-state index contributed by atoms with van der Waals surface area (Å²) in [5.74, 6) is 0.856. The average molecular weight is 364 g/mol. The second-order valence-corrected chi connectivity index (χ2v) is 8.02. The van der Waals surface area contributed by atoms with Crippen LogP contribution in [0.4, 0.5) is 0 Å². The lowest BCUT2D eigenvalue weighted by Gasteiger charge is -2.19. The van der Waals surface area contributed by atoms with E-state index in [-0.39, 0.29) is 5.41 Å². The standard InChI is InChI=1S/C26H24N2/c1-26(2,3)25-27-23(20-13-8-5-9-14-20)18-24(28-25)22-16-10-15-21(17-22)19-11-6-4-7-12-19/h4-18H,1-3H3. The predicted molar refractivity (Wildman–Crippen MR) is 117 cm³/mol. The molecule has 3 aromatic carbocycles. The van der Waals surface area contributed by atoms with E-state index < -0.39 is 0 Å². The molecule has 0 atom stereocenters. The Morgan fingerprint density at radius 3 is 1.61 bits per heavy atom. The minimum Gasteiger partial charge on any atom is -0.232 e. The first kappa shape index (κ1) is 18.1. The molecular formula is C26H24N2. The summed E-state index contributed by atoms with van der Waals surface area (Å²) in [5.41, 5.74) is 6.39. The van der Waals surface area contributed by atoms with Crippen molar-refractivity contribution in [1.29, 1.82) is 0 Å². The van der Waals surface area contributed by atoms with Gasteiger partial charge in [0.2, 0.25) is 0 Å². The van der Waals surface area contributed by atoms with Gasteiger partial charge < -0.3 is 0 Å². The molecule has 2 nitrogen and oxygen atoms in total. The average Bonchev–Trinajstić information content (AvgIpc) is 2.74. The quantitative estimate of drug-likeness (QED) is 0.400. The number of aromatic nitrogens is 2. The Bertz CT molecular complexity index is 1080. The molecule has 0 amide bonds. The minimum absolute atomic E-state index is 0.128. The highest BCUT2D eigenvalue weighted by Gasteiger charge is 2.20. The number of hydrogen-bond donors (Lipinski definition) is 0. The molecule has 28 heavy (non-hydrogen) atoms. The van der Waals surface area contributed by atoms with Gasteiger partial charge in [-0.2, -0.15) is 0 Å². The van der Waals surface area contributed by atoms with Crippen LogP contribution in [0.15, 0.2) is 91.0 Å². The Morgan fingerprint density at radius 2 is 1.00 bits per heavy atom. The summed E-state index contributed by atoms with van der Waals surface area (Å²) in [7, 11) is 0. The molecular weight excluding hydrogens is 340 g/mol. The van der Waals surface area contributed by atoms with Crippen molar-refractivity contribution in [3.05, 3.63) is 96.8 Å². The fourth-order valence-electron chi connectivity index (χ4n) is 3.18. The topological polar surface area (TPSA) is 25.8 Å². The highest BCUT2D eigenvalue weighted by molar-refractivity contribution is 5.73. The van der Waals surface area contributed by atoms with Gasteiger partial charge >= 0.3 is 0 Å². The van der Waals surface area contributed by atoms with E-state index in [0.717, 1.165) is 28.3 Å². The summed E-state index contributed by atoms with van der Waals surface area (Å²) in [5, 5.41) is 0. The predicted octanol–water partition coefficient (Wildman–Crippen LogP) is 6.78. The molecule has 0 radical (unpaired) electrons.